The van der Waals surface area contributed by atoms with Crippen LogP contribution in [-0.4, -0.2) is 24.0 Å². The molecule has 0 bridgehead atoms. The fourth-order valence-corrected chi connectivity index (χ4v) is 1.24. The Bertz CT molecular complexity index is 375. The van der Waals surface area contributed by atoms with Crippen molar-refractivity contribution in [3.8, 4) is 6.07 Å². The van der Waals surface area contributed by atoms with Gasteiger partial charge in [0.2, 0.25) is 0 Å². The molecule has 7 heteroatoms. The zero-order chi connectivity index (χ0) is 9.03. The average Bonchev–Trinajstić information content (AvgIpc) is 2.53. The third kappa shape index (κ3) is 1.81. The normalized spacial score (nSPS) is 10.9. The van der Waals surface area contributed by atoms with Gasteiger partial charge in [-0.25, -0.2) is 13.1 Å². The molecule has 0 aromatic carbocycles. The van der Waals surface area contributed by atoms with E-state index in [-0.39, 0.29) is 0 Å². The summed E-state index contributed by atoms with van der Waals surface area (Å²) in [6.07, 6.45) is 3.59. The standard InChI is InChI=1S/C5H5N3O3S/c6-1-4-11-12(9,10)8-3-2-7-5-8/h2-3,5H,4H2. The molecule has 0 aliphatic carbocycles. The minimum atomic E-state index is -3.85. The third-order valence-corrected chi connectivity index (χ3v) is 2.16. The summed E-state index contributed by atoms with van der Waals surface area (Å²) in [4.78, 5) is 3.52. The van der Waals surface area contributed by atoms with Crippen LogP contribution in [0.1, 0.15) is 0 Å². The van der Waals surface area contributed by atoms with Gasteiger partial charge in [0.15, 0.2) is 6.61 Å². The van der Waals surface area contributed by atoms with E-state index in [1.165, 1.54) is 12.4 Å². The van der Waals surface area contributed by atoms with E-state index in [0.29, 0.717) is 0 Å². The van der Waals surface area contributed by atoms with Crippen LogP contribution in [0.3, 0.4) is 0 Å². The molecule has 64 valence electrons. The molecule has 0 atom stereocenters. The van der Waals surface area contributed by atoms with Gasteiger partial charge in [-0.05, 0) is 0 Å². The second-order valence-electron chi connectivity index (χ2n) is 1.77. The number of aromatic nitrogens is 2. The number of rotatable bonds is 3. The molecule has 0 spiro atoms. The second kappa shape index (κ2) is 3.34. The highest BCUT2D eigenvalue weighted by atomic mass is 32.2. The van der Waals surface area contributed by atoms with Crippen molar-refractivity contribution < 1.29 is 12.6 Å². The molecule has 12 heavy (non-hydrogen) atoms. The molecule has 1 rings (SSSR count). The Labute approximate surface area is 69.3 Å². The van der Waals surface area contributed by atoms with Gasteiger partial charge in [-0.15, -0.1) is 0 Å². The maximum absolute atomic E-state index is 11.0. The van der Waals surface area contributed by atoms with Crippen molar-refractivity contribution in [2.75, 3.05) is 6.61 Å². The van der Waals surface area contributed by atoms with Crippen molar-refractivity contribution in [3.05, 3.63) is 18.7 Å². The van der Waals surface area contributed by atoms with Crippen LogP contribution in [0, 0.1) is 11.3 Å². The molecular weight excluding hydrogens is 182 g/mol. The first-order valence-electron chi connectivity index (χ1n) is 2.91. The van der Waals surface area contributed by atoms with Gasteiger partial charge in [-0.3, -0.25) is 0 Å². The highest BCUT2D eigenvalue weighted by Crippen LogP contribution is 1.97. The Morgan fingerprint density at radius 1 is 1.67 bits per heavy atom. The van der Waals surface area contributed by atoms with E-state index < -0.39 is 16.9 Å². The molecule has 0 aliphatic rings. The summed E-state index contributed by atoms with van der Waals surface area (Å²) < 4.78 is 27.0. The maximum Gasteiger partial charge on any atom is 0.368 e. The Balaban J connectivity index is 2.83. The van der Waals surface area contributed by atoms with Gasteiger partial charge < -0.3 is 0 Å². The summed E-state index contributed by atoms with van der Waals surface area (Å²) in [6.45, 7) is -0.499. The molecule has 0 N–H and O–H groups in total. The van der Waals surface area contributed by atoms with Crippen molar-refractivity contribution >= 4 is 10.3 Å². The van der Waals surface area contributed by atoms with Crippen molar-refractivity contribution in [3.63, 3.8) is 0 Å². The van der Waals surface area contributed by atoms with Crippen LogP contribution >= 0.6 is 0 Å². The van der Waals surface area contributed by atoms with Crippen LogP contribution in [0.5, 0.6) is 0 Å². The summed E-state index contributed by atoms with van der Waals surface area (Å²) in [5, 5.41) is 8.06. The summed E-state index contributed by atoms with van der Waals surface area (Å²) >= 11 is 0. The second-order valence-corrected chi connectivity index (χ2v) is 3.28. The molecule has 6 nitrogen and oxygen atoms in total. The summed E-state index contributed by atoms with van der Waals surface area (Å²) in [5.74, 6) is 0. The van der Waals surface area contributed by atoms with Crippen LogP contribution in [-0.2, 0) is 14.5 Å². The van der Waals surface area contributed by atoms with Gasteiger partial charge >= 0.3 is 10.3 Å². The quantitative estimate of drug-likeness (QED) is 0.637. The first kappa shape index (κ1) is 8.70. The third-order valence-electron chi connectivity index (χ3n) is 1.01. The number of nitrogens with zero attached hydrogens (tertiary/aromatic N) is 3. The molecule has 1 heterocycles. The fraction of sp³-hybridized carbons (Fsp3) is 0.200. The minimum absolute atomic E-state index is 0.499. The van der Waals surface area contributed by atoms with E-state index in [2.05, 4.69) is 9.17 Å². The highest BCUT2D eigenvalue weighted by Gasteiger charge is 2.11. The number of nitriles is 1. The monoisotopic (exact) mass is 187 g/mol. The highest BCUT2D eigenvalue weighted by molar-refractivity contribution is 7.85. The van der Waals surface area contributed by atoms with Gasteiger partial charge in [-0.2, -0.15) is 13.7 Å². The number of imidazole rings is 1. The van der Waals surface area contributed by atoms with Crippen molar-refractivity contribution in [1.82, 2.24) is 8.96 Å². The molecular formula is C5H5N3O3S. The number of hydrogen-bond acceptors (Lipinski definition) is 5. The van der Waals surface area contributed by atoms with Gasteiger partial charge in [0.25, 0.3) is 0 Å². The number of hydrogen-bond donors (Lipinski definition) is 0. The van der Waals surface area contributed by atoms with Crippen LogP contribution in [0.15, 0.2) is 18.7 Å². The molecule has 0 radical (unpaired) electrons. The Hall–Kier alpha value is -1.39. The summed E-state index contributed by atoms with van der Waals surface area (Å²) in [7, 11) is -3.85. The van der Waals surface area contributed by atoms with Gasteiger partial charge in [0, 0.05) is 12.4 Å². The van der Waals surface area contributed by atoms with Crippen molar-refractivity contribution in [1.29, 1.82) is 5.26 Å². The SMILES string of the molecule is N#CCOS(=O)(=O)n1ccnc1. The minimum Gasteiger partial charge on any atom is -0.244 e. The molecule has 0 amide bonds. The zero-order valence-electron chi connectivity index (χ0n) is 5.91. The van der Waals surface area contributed by atoms with Crippen LogP contribution in [0.2, 0.25) is 0 Å². The molecule has 1 aromatic heterocycles. The first-order chi connectivity index (χ1) is 5.67. The molecule has 0 unspecified atom stereocenters. The fourth-order valence-electron chi connectivity index (χ4n) is 0.541. The molecule has 1 aromatic rings. The molecule has 0 saturated heterocycles. The van der Waals surface area contributed by atoms with Crippen molar-refractivity contribution in [2.24, 2.45) is 0 Å². The van der Waals surface area contributed by atoms with Gasteiger partial charge in [-0.1, -0.05) is 0 Å². The van der Waals surface area contributed by atoms with E-state index in [0.717, 1.165) is 10.3 Å². The Kier molecular flexibility index (Phi) is 2.42. The van der Waals surface area contributed by atoms with Crippen LogP contribution in [0.4, 0.5) is 0 Å². The Morgan fingerprint density at radius 3 is 2.92 bits per heavy atom. The smallest absolute Gasteiger partial charge is 0.244 e. The predicted molar refractivity (Wildman–Crippen MR) is 38.1 cm³/mol. The lowest BCUT2D eigenvalue weighted by molar-refractivity contribution is 0.354. The lowest BCUT2D eigenvalue weighted by Crippen LogP contribution is -2.14. The molecule has 0 aliphatic heterocycles. The lowest BCUT2D eigenvalue weighted by atomic mass is 10.9. The molecule has 0 fully saturated rings. The van der Waals surface area contributed by atoms with Crippen molar-refractivity contribution in [2.45, 2.75) is 0 Å². The lowest BCUT2D eigenvalue weighted by Gasteiger charge is -2.00. The predicted octanol–water partition coefficient (Wildman–Crippen LogP) is -0.484. The average molecular weight is 187 g/mol. The zero-order valence-corrected chi connectivity index (χ0v) is 6.73. The van der Waals surface area contributed by atoms with Crippen LogP contribution in [0.25, 0.3) is 0 Å². The van der Waals surface area contributed by atoms with E-state index in [1.807, 2.05) is 0 Å². The van der Waals surface area contributed by atoms with Gasteiger partial charge in [0.05, 0.1) is 6.07 Å². The largest absolute Gasteiger partial charge is 0.368 e. The summed E-state index contributed by atoms with van der Waals surface area (Å²) in [6, 6.07) is 1.55. The van der Waals surface area contributed by atoms with E-state index in [4.69, 9.17) is 5.26 Å². The van der Waals surface area contributed by atoms with Gasteiger partial charge in [0.1, 0.15) is 6.33 Å². The van der Waals surface area contributed by atoms with E-state index in [9.17, 15) is 8.42 Å². The first-order valence-corrected chi connectivity index (χ1v) is 4.28. The summed E-state index contributed by atoms with van der Waals surface area (Å²) in [5.41, 5.74) is 0. The maximum atomic E-state index is 11.0. The Morgan fingerprint density at radius 2 is 2.42 bits per heavy atom. The van der Waals surface area contributed by atoms with Crippen LogP contribution < -0.4 is 0 Å². The molecule has 0 saturated carbocycles. The van der Waals surface area contributed by atoms with E-state index >= 15 is 0 Å². The van der Waals surface area contributed by atoms with E-state index in [1.54, 1.807) is 6.07 Å². The topological polar surface area (TPSA) is 85.0 Å².